The highest BCUT2D eigenvalue weighted by atomic mass is 35.5. The van der Waals surface area contributed by atoms with E-state index in [1.54, 1.807) is 11.0 Å². The third kappa shape index (κ3) is 2.16. The molecule has 1 atom stereocenters. The van der Waals surface area contributed by atoms with Crippen LogP contribution in [0.15, 0.2) is 18.2 Å². The Morgan fingerprint density at radius 2 is 2.04 bits per heavy atom. The van der Waals surface area contributed by atoms with Gasteiger partial charge >= 0.3 is 6.03 Å². The third-order valence-corrected chi connectivity index (χ3v) is 5.05. The monoisotopic (exact) mass is 346 g/mol. The number of imide groups is 1. The number of halogens is 1. The topological polar surface area (TPSA) is 94.3 Å². The minimum atomic E-state index is -0.556. The first-order valence-corrected chi connectivity index (χ1v) is 8.01. The summed E-state index contributed by atoms with van der Waals surface area (Å²) in [5, 5.41) is 6.29. The number of carbonyl (C=O) groups excluding carboxylic acids is 3. The predicted octanol–water partition coefficient (Wildman–Crippen LogP) is 1.41. The first-order chi connectivity index (χ1) is 11.5. The lowest BCUT2D eigenvalue weighted by Crippen LogP contribution is -2.58. The van der Waals surface area contributed by atoms with Crippen LogP contribution in [0.3, 0.4) is 0 Å². The van der Waals surface area contributed by atoms with E-state index in [2.05, 4.69) is 15.6 Å². The number of amides is 4. The van der Waals surface area contributed by atoms with Crippen LogP contribution in [0.5, 0.6) is 0 Å². The van der Waals surface area contributed by atoms with Gasteiger partial charge in [-0.1, -0.05) is 23.7 Å². The van der Waals surface area contributed by atoms with Crippen molar-refractivity contribution in [3.05, 3.63) is 34.5 Å². The van der Waals surface area contributed by atoms with Crippen molar-refractivity contribution in [3.8, 4) is 0 Å². The number of hydrogen-bond acceptors (Lipinski definition) is 3. The highest BCUT2D eigenvalue weighted by molar-refractivity contribution is 6.35. The van der Waals surface area contributed by atoms with Crippen molar-refractivity contribution in [2.75, 3.05) is 13.1 Å². The number of H-pyrrole nitrogens is 1. The van der Waals surface area contributed by atoms with E-state index in [1.807, 2.05) is 19.1 Å². The molecular formula is C16H15ClN4O3. The highest BCUT2D eigenvalue weighted by Crippen LogP contribution is 2.30. The molecule has 0 saturated carbocycles. The minimum absolute atomic E-state index is 0.0614. The first-order valence-electron chi connectivity index (χ1n) is 7.63. The van der Waals surface area contributed by atoms with Gasteiger partial charge in [-0.25, -0.2) is 4.79 Å². The number of hydrogen-bond donors (Lipinski definition) is 3. The molecule has 3 N–H and O–H groups in total. The second-order valence-electron chi connectivity index (χ2n) is 6.20. The van der Waals surface area contributed by atoms with E-state index in [0.29, 0.717) is 23.8 Å². The zero-order chi connectivity index (χ0) is 17.0. The van der Waals surface area contributed by atoms with E-state index >= 15 is 0 Å². The molecule has 24 heavy (non-hydrogen) atoms. The summed E-state index contributed by atoms with van der Waals surface area (Å²) in [7, 11) is 0. The Morgan fingerprint density at radius 3 is 2.67 bits per heavy atom. The normalized spacial score (nSPS) is 20.9. The van der Waals surface area contributed by atoms with E-state index < -0.39 is 12.1 Å². The van der Waals surface area contributed by atoms with E-state index in [4.69, 9.17) is 11.6 Å². The van der Waals surface area contributed by atoms with E-state index in [9.17, 15) is 14.4 Å². The summed E-state index contributed by atoms with van der Waals surface area (Å²) in [6.45, 7) is 2.74. The van der Waals surface area contributed by atoms with Crippen LogP contribution in [0.4, 0.5) is 4.79 Å². The molecule has 124 valence electrons. The Balaban J connectivity index is 1.52. The number of carbonyl (C=O) groups is 3. The van der Waals surface area contributed by atoms with Crippen LogP contribution in [0, 0.1) is 12.8 Å². The largest absolute Gasteiger partial charge is 0.349 e. The van der Waals surface area contributed by atoms with Gasteiger partial charge in [0, 0.05) is 24.4 Å². The molecule has 1 unspecified atom stereocenters. The number of para-hydroxylation sites is 1. The standard InChI is InChI=1S/C16H15ClN4O3/c1-7-9-3-2-4-10(17)13(9)18-11(7)15(23)21-5-8(6-21)12-14(22)20-16(24)19-12/h2-4,8,12,18H,5-6H2,1H3,(H2,19,20,22,24). The fourth-order valence-corrected chi connectivity index (χ4v) is 3.56. The molecule has 1 aromatic heterocycles. The number of aryl methyl sites for hydroxylation is 1. The molecule has 2 aliphatic rings. The molecule has 3 heterocycles. The summed E-state index contributed by atoms with van der Waals surface area (Å²) < 4.78 is 0. The van der Waals surface area contributed by atoms with Gasteiger partial charge in [0.25, 0.3) is 11.8 Å². The van der Waals surface area contributed by atoms with Crippen LogP contribution in [-0.2, 0) is 4.79 Å². The van der Waals surface area contributed by atoms with Gasteiger partial charge in [-0.2, -0.15) is 0 Å². The number of benzene rings is 1. The molecule has 2 saturated heterocycles. The number of aromatic amines is 1. The number of likely N-dealkylation sites (tertiary alicyclic amines) is 1. The molecule has 2 aromatic rings. The molecule has 2 aliphatic heterocycles. The lowest BCUT2D eigenvalue weighted by Gasteiger charge is -2.41. The van der Waals surface area contributed by atoms with Crippen molar-refractivity contribution in [2.24, 2.45) is 5.92 Å². The maximum atomic E-state index is 12.7. The van der Waals surface area contributed by atoms with Crippen LogP contribution in [0.25, 0.3) is 10.9 Å². The van der Waals surface area contributed by atoms with Gasteiger partial charge in [-0.05, 0) is 18.6 Å². The molecule has 1 aromatic carbocycles. The van der Waals surface area contributed by atoms with Crippen molar-refractivity contribution >= 4 is 40.3 Å². The average molecular weight is 347 g/mol. The number of rotatable bonds is 2. The predicted molar refractivity (Wildman–Crippen MR) is 87.9 cm³/mol. The number of urea groups is 1. The maximum absolute atomic E-state index is 12.7. The fraction of sp³-hybridized carbons (Fsp3) is 0.312. The smallest absolute Gasteiger partial charge is 0.322 e. The quantitative estimate of drug-likeness (QED) is 0.718. The van der Waals surface area contributed by atoms with Crippen molar-refractivity contribution in [1.29, 1.82) is 0 Å². The Labute approximate surface area is 142 Å². The fourth-order valence-electron chi connectivity index (χ4n) is 3.34. The molecule has 0 radical (unpaired) electrons. The summed E-state index contributed by atoms with van der Waals surface area (Å²) >= 11 is 6.17. The van der Waals surface area contributed by atoms with Crippen molar-refractivity contribution < 1.29 is 14.4 Å². The Morgan fingerprint density at radius 1 is 1.29 bits per heavy atom. The van der Waals surface area contributed by atoms with Crippen molar-refractivity contribution in [1.82, 2.24) is 20.5 Å². The molecule has 0 bridgehead atoms. The summed E-state index contributed by atoms with van der Waals surface area (Å²) in [6, 6.07) is 4.51. The molecule has 0 aliphatic carbocycles. The molecule has 0 spiro atoms. The summed E-state index contributed by atoms with van der Waals surface area (Å²) in [4.78, 5) is 40.3. The lowest BCUT2D eigenvalue weighted by atomic mass is 9.91. The maximum Gasteiger partial charge on any atom is 0.322 e. The van der Waals surface area contributed by atoms with Gasteiger partial charge < -0.3 is 15.2 Å². The molecule has 8 heteroatoms. The van der Waals surface area contributed by atoms with Gasteiger partial charge in [-0.15, -0.1) is 0 Å². The van der Waals surface area contributed by atoms with Gasteiger partial charge in [0.2, 0.25) is 0 Å². The second kappa shape index (κ2) is 5.24. The second-order valence-corrected chi connectivity index (χ2v) is 6.61. The Hall–Kier alpha value is -2.54. The van der Waals surface area contributed by atoms with Crippen LogP contribution in [-0.4, -0.2) is 46.9 Å². The molecule has 4 amide bonds. The van der Waals surface area contributed by atoms with Crippen LogP contribution in [0.2, 0.25) is 5.02 Å². The minimum Gasteiger partial charge on any atom is -0.349 e. The zero-order valence-corrected chi connectivity index (χ0v) is 13.6. The van der Waals surface area contributed by atoms with E-state index in [0.717, 1.165) is 16.5 Å². The average Bonchev–Trinajstić information content (AvgIpc) is 2.99. The number of nitrogens with one attached hydrogen (secondary N) is 3. The summed E-state index contributed by atoms with van der Waals surface area (Å²) in [6.07, 6.45) is 0. The van der Waals surface area contributed by atoms with Crippen molar-refractivity contribution in [2.45, 2.75) is 13.0 Å². The number of aromatic nitrogens is 1. The molecule has 2 fully saturated rings. The van der Waals surface area contributed by atoms with Crippen molar-refractivity contribution in [3.63, 3.8) is 0 Å². The number of nitrogens with zero attached hydrogens (tertiary/aromatic N) is 1. The molecular weight excluding hydrogens is 332 g/mol. The van der Waals surface area contributed by atoms with Crippen LogP contribution < -0.4 is 10.6 Å². The SMILES string of the molecule is Cc1c(C(=O)N2CC(C3NC(=O)NC3=O)C2)[nH]c2c(Cl)cccc12. The van der Waals surface area contributed by atoms with Crippen LogP contribution in [0.1, 0.15) is 16.1 Å². The summed E-state index contributed by atoms with van der Waals surface area (Å²) in [5.74, 6) is -0.514. The number of fused-ring (bicyclic) bond motifs is 1. The van der Waals surface area contributed by atoms with Crippen LogP contribution >= 0.6 is 11.6 Å². The summed E-state index contributed by atoms with van der Waals surface area (Å²) in [5.41, 5.74) is 2.11. The molecule has 7 nitrogen and oxygen atoms in total. The zero-order valence-electron chi connectivity index (χ0n) is 12.9. The Bertz CT molecular complexity index is 885. The van der Waals surface area contributed by atoms with Gasteiger partial charge in [0.05, 0.1) is 10.5 Å². The molecule has 4 rings (SSSR count). The Kier molecular flexibility index (Phi) is 3.28. The van der Waals surface area contributed by atoms with Gasteiger partial charge in [0.15, 0.2) is 0 Å². The van der Waals surface area contributed by atoms with E-state index in [1.165, 1.54) is 0 Å². The van der Waals surface area contributed by atoms with Gasteiger partial charge in [0.1, 0.15) is 11.7 Å². The van der Waals surface area contributed by atoms with Gasteiger partial charge in [-0.3, -0.25) is 14.9 Å². The van der Waals surface area contributed by atoms with E-state index in [-0.39, 0.29) is 17.7 Å². The first kappa shape index (κ1) is 15.0. The lowest BCUT2D eigenvalue weighted by molar-refractivity contribution is -0.122. The third-order valence-electron chi connectivity index (χ3n) is 4.73. The highest BCUT2D eigenvalue weighted by Gasteiger charge is 2.44.